The minimum absolute atomic E-state index is 0.195. The van der Waals surface area contributed by atoms with Gasteiger partial charge >= 0.3 is 6.36 Å². The Labute approximate surface area is 149 Å². The van der Waals surface area contributed by atoms with Gasteiger partial charge in [0.05, 0.1) is 10.8 Å². The molecule has 1 unspecified atom stereocenters. The Kier molecular flexibility index (Phi) is 4.83. The minimum Gasteiger partial charge on any atom is -0.404 e. The van der Waals surface area contributed by atoms with Crippen LogP contribution in [0.2, 0.25) is 5.02 Å². The van der Waals surface area contributed by atoms with Crippen molar-refractivity contribution in [1.29, 1.82) is 0 Å². The maximum Gasteiger partial charge on any atom is 0.573 e. The highest BCUT2D eigenvalue weighted by atomic mass is 35.5. The van der Waals surface area contributed by atoms with Crippen LogP contribution in [0.15, 0.2) is 42.5 Å². The fraction of sp³-hybridized carbons (Fsp3) is 0.188. The van der Waals surface area contributed by atoms with Gasteiger partial charge in [0.15, 0.2) is 0 Å². The van der Waals surface area contributed by atoms with Crippen LogP contribution in [0.5, 0.6) is 5.75 Å². The molecule has 3 rings (SSSR count). The molecule has 0 aromatic heterocycles. The first-order chi connectivity index (χ1) is 11.7. The summed E-state index contributed by atoms with van der Waals surface area (Å²) >= 11 is 7.19. The number of carbonyl (C=O) groups is 1. The predicted octanol–water partition coefficient (Wildman–Crippen LogP) is 5.16. The van der Waals surface area contributed by atoms with Gasteiger partial charge in [0.1, 0.15) is 16.9 Å². The van der Waals surface area contributed by atoms with Gasteiger partial charge in [0, 0.05) is 5.69 Å². The van der Waals surface area contributed by atoms with Crippen LogP contribution in [-0.2, 0) is 4.79 Å². The van der Waals surface area contributed by atoms with Gasteiger partial charge in [-0.05, 0) is 35.9 Å². The Morgan fingerprint density at radius 3 is 2.44 bits per heavy atom. The molecule has 1 saturated heterocycles. The number of thioether (sulfide) groups is 1. The highest BCUT2D eigenvalue weighted by Crippen LogP contribution is 2.43. The van der Waals surface area contributed by atoms with E-state index in [0.717, 1.165) is 6.07 Å². The van der Waals surface area contributed by atoms with Crippen molar-refractivity contribution in [3.63, 3.8) is 0 Å². The Balaban J connectivity index is 1.91. The fourth-order valence-electron chi connectivity index (χ4n) is 2.42. The lowest BCUT2D eigenvalue weighted by atomic mass is 10.2. The minimum atomic E-state index is -4.86. The smallest absolute Gasteiger partial charge is 0.404 e. The number of halogens is 5. The first-order valence-corrected chi connectivity index (χ1v) is 8.42. The van der Waals surface area contributed by atoms with Gasteiger partial charge in [-0.1, -0.05) is 23.7 Å². The van der Waals surface area contributed by atoms with Crippen molar-refractivity contribution >= 4 is 35.0 Å². The molecule has 0 saturated carbocycles. The summed E-state index contributed by atoms with van der Waals surface area (Å²) in [6.07, 6.45) is -4.86. The molecule has 132 valence electrons. The molecule has 0 radical (unpaired) electrons. The zero-order chi connectivity index (χ0) is 18.2. The van der Waals surface area contributed by atoms with Crippen LogP contribution >= 0.6 is 23.4 Å². The Bertz CT molecular complexity index is 798. The van der Waals surface area contributed by atoms with E-state index in [9.17, 15) is 22.4 Å². The van der Waals surface area contributed by atoms with E-state index in [1.165, 1.54) is 40.9 Å². The van der Waals surface area contributed by atoms with Crippen LogP contribution in [0.1, 0.15) is 10.9 Å². The third-order valence-corrected chi connectivity index (χ3v) is 4.95. The normalized spacial score (nSPS) is 17.9. The molecule has 0 spiro atoms. The van der Waals surface area contributed by atoms with E-state index in [1.54, 1.807) is 12.1 Å². The second-order valence-corrected chi connectivity index (χ2v) is 6.62. The molecule has 1 amide bonds. The molecule has 3 nitrogen and oxygen atoms in total. The lowest BCUT2D eigenvalue weighted by Crippen LogP contribution is -2.27. The number of nitrogens with zero attached hydrogens (tertiary/aromatic N) is 1. The zero-order valence-electron chi connectivity index (χ0n) is 12.4. The van der Waals surface area contributed by atoms with E-state index in [0.29, 0.717) is 11.3 Å². The van der Waals surface area contributed by atoms with E-state index < -0.39 is 23.3 Å². The van der Waals surface area contributed by atoms with E-state index >= 15 is 0 Å². The van der Waals surface area contributed by atoms with E-state index in [2.05, 4.69) is 4.74 Å². The number of ether oxygens (including phenoxy) is 1. The number of alkyl halides is 3. The van der Waals surface area contributed by atoms with Gasteiger partial charge < -0.3 is 4.74 Å². The summed E-state index contributed by atoms with van der Waals surface area (Å²) in [4.78, 5) is 13.6. The second-order valence-electron chi connectivity index (χ2n) is 5.14. The van der Waals surface area contributed by atoms with Gasteiger partial charge in [-0.3, -0.25) is 9.69 Å². The number of anilines is 1. The fourth-order valence-corrected chi connectivity index (χ4v) is 3.82. The van der Waals surface area contributed by atoms with Crippen LogP contribution in [0.25, 0.3) is 0 Å². The van der Waals surface area contributed by atoms with E-state index in [-0.39, 0.29) is 16.7 Å². The van der Waals surface area contributed by atoms with Crippen molar-refractivity contribution in [1.82, 2.24) is 0 Å². The number of carbonyl (C=O) groups excluding carboxylic acids is 1. The van der Waals surface area contributed by atoms with Gasteiger partial charge in [0.2, 0.25) is 5.91 Å². The van der Waals surface area contributed by atoms with Crippen molar-refractivity contribution in [3.05, 3.63) is 58.9 Å². The largest absolute Gasteiger partial charge is 0.573 e. The SMILES string of the molecule is O=C1CSC(c2ccc(F)cc2)N1c1ccc(OC(F)(F)F)c(Cl)c1. The monoisotopic (exact) mass is 391 g/mol. The molecule has 1 fully saturated rings. The summed E-state index contributed by atoms with van der Waals surface area (Å²) in [7, 11) is 0. The van der Waals surface area contributed by atoms with E-state index in [1.807, 2.05) is 0 Å². The van der Waals surface area contributed by atoms with Gasteiger partial charge in [-0.2, -0.15) is 0 Å². The Morgan fingerprint density at radius 1 is 1.16 bits per heavy atom. The molecular formula is C16H10ClF4NO2S. The van der Waals surface area contributed by atoms with Crippen molar-refractivity contribution in [2.75, 3.05) is 10.7 Å². The molecule has 25 heavy (non-hydrogen) atoms. The van der Waals surface area contributed by atoms with Crippen LogP contribution in [-0.4, -0.2) is 18.0 Å². The second kappa shape index (κ2) is 6.76. The summed E-state index contributed by atoms with van der Waals surface area (Å²) in [5, 5.41) is -0.684. The summed E-state index contributed by atoms with van der Waals surface area (Å²) in [5.74, 6) is -0.975. The number of hydrogen-bond acceptors (Lipinski definition) is 3. The first kappa shape index (κ1) is 17.9. The third kappa shape index (κ3) is 4.01. The average molecular weight is 392 g/mol. The van der Waals surface area contributed by atoms with Gasteiger partial charge in [-0.15, -0.1) is 24.9 Å². The lowest BCUT2D eigenvalue weighted by Gasteiger charge is -2.25. The quantitative estimate of drug-likeness (QED) is 0.677. The van der Waals surface area contributed by atoms with Crippen LogP contribution in [0.4, 0.5) is 23.2 Å². The molecule has 9 heteroatoms. The molecule has 0 N–H and O–H groups in total. The van der Waals surface area contributed by atoms with Crippen LogP contribution < -0.4 is 9.64 Å². The molecule has 1 aliphatic heterocycles. The van der Waals surface area contributed by atoms with Crippen molar-refractivity contribution in [2.24, 2.45) is 0 Å². The highest BCUT2D eigenvalue weighted by Gasteiger charge is 2.35. The van der Waals surface area contributed by atoms with Gasteiger partial charge in [-0.25, -0.2) is 4.39 Å². The maximum atomic E-state index is 13.1. The summed E-state index contributed by atoms with van der Waals surface area (Å²) in [5.41, 5.74) is 1.04. The number of rotatable bonds is 3. The summed E-state index contributed by atoms with van der Waals surface area (Å²) < 4.78 is 53.9. The molecule has 0 aliphatic carbocycles. The van der Waals surface area contributed by atoms with E-state index in [4.69, 9.17) is 11.6 Å². The van der Waals surface area contributed by atoms with Gasteiger partial charge in [0.25, 0.3) is 0 Å². The topological polar surface area (TPSA) is 29.5 Å². The standard InChI is InChI=1S/C16H10ClF4NO2S/c17-12-7-11(5-6-13(12)24-16(19,20)21)22-14(23)8-25-15(22)9-1-3-10(18)4-2-9/h1-7,15H,8H2. The molecule has 1 heterocycles. The van der Waals surface area contributed by atoms with Crippen LogP contribution in [0, 0.1) is 5.82 Å². The lowest BCUT2D eigenvalue weighted by molar-refractivity contribution is -0.274. The molecule has 2 aromatic rings. The molecule has 2 aromatic carbocycles. The van der Waals surface area contributed by atoms with Crippen molar-refractivity contribution in [2.45, 2.75) is 11.7 Å². The summed E-state index contributed by atoms with van der Waals surface area (Å²) in [6, 6.07) is 9.30. The maximum absolute atomic E-state index is 13.1. The zero-order valence-corrected chi connectivity index (χ0v) is 14.0. The van der Waals surface area contributed by atoms with Crippen LogP contribution in [0.3, 0.4) is 0 Å². The molecule has 0 bridgehead atoms. The molecule has 1 aliphatic rings. The highest BCUT2D eigenvalue weighted by molar-refractivity contribution is 8.00. The third-order valence-electron chi connectivity index (χ3n) is 3.44. The Hall–Kier alpha value is -1.93. The molecular weight excluding hydrogens is 382 g/mol. The first-order valence-electron chi connectivity index (χ1n) is 6.99. The number of benzene rings is 2. The predicted molar refractivity (Wildman–Crippen MR) is 87.2 cm³/mol. The summed E-state index contributed by atoms with van der Waals surface area (Å²) in [6.45, 7) is 0. The number of amides is 1. The van der Waals surface area contributed by atoms with Crippen molar-refractivity contribution in [3.8, 4) is 5.75 Å². The average Bonchev–Trinajstić information content (AvgIpc) is 2.91. The molecule has 1 atom stereocenters. The number of hydrogen-bond donors (Lipinski definition) is 0. The Morgan fingerprint density at radius 2 is 1.84 bits per heavy atom. The van der Waals surface area contributed by atoms with Crippen molar-refractivity contribution < 1.29 is 27.1 Å².